The lowest BCUT2D eigenvalue weighted by atomic mass is 10.2. The highest BCUT2D eigenvalue weighted by Crippen LogP contribution is 2.17. The van der Waals surface area contributed by atoms with Gasteiger partial charge < -0.3 is 10.4 Å². The minimum atomic E-state index is -1.13. The molecule has 0 saturated heterocycles. The monoisotopic (exact) mass is 287 g/mol. The van der Waals surface area contributed by atoms with Crippen LogP contribution in [0.4, 0.5) is 10.1 Å². The van der Waals surface area contributed by atoms with Gasteiger partial charge in [0, 0.05) is 18.5 Å². The van der Waals surface area contributed by atoms with E-state index in [1.807, 2.05) is 0 Å². The van der Waals surface area contributed by atoms with Crippen molar-refractivity contribution >= 4 is 23.6 Å². The van der Waals surface area contributed by atoms with Crippen LogP contribution in [0.2, 0.25) is 0 Å². The van der Waals surface area contributed by atoms with Gasteiger partial charge in [-0.3, -0.25) is 9.78 Å². The number of nitrogens with one attached hydrogen (secondary N) is 1. The lowest BCUT2D eigenvalue weighted by Crippen LogP contribution is -2.14. The minimum Gasteiger partial charge on any atom is -0.478 e. The van der Waals surface area contributed by atoms with Gasteiger partial charge in [-0.25, -0.2) is 14.2 Å². The molecule has 1 amide bonds. The van der Waals surface area contributed by atoms with Crippen molar-refractivity contribution in [2.45, 2.75) is 0 Å². The highest BCUT2D eigenvalue weighted by atomic mass is 19.1. The first-order valence-electron chi connectivity index (χ1n) is 5.84. The summed E-state index contributed by atoms with van der Waals surface area (Å²) >= 11 is 0. The standard InChI is InChI=1S/C14H10FN3O3/c15-10-7-9(2-4-13(19)20)1-3-11(10)18-14(21)12-8-16-5-6-17-12/h1-8H,(H,18,21)(H,19,20). The van der Waals surface area contributed by atoms with Crippen molar-refractivity contribution in [3.63, 3.8) is 0 Å². The Morgan fingerprint density at radius 3 is 2.71 bits per heavy atom. The first-order valence-corrected chi connectivity index (χ1v) is 5.84. The number of anilines is 1. The average Bonchev–Trinajstić information content (AvgIpc) is 2.48. The summed E-state index contributed by atoms with van der Waals surface area (Å²) in [5.74, 6) is -2.40. The molecule has 7 heteroatoms. The van der Waals surface area contributed by atoms with Gasteiger partial charge in [-0.2, -0.15) is 0 Å². The number of nitrogens with zero attached hydrogens (tertiary/aromatic N) is 2. The van der Waals surface area contributed by atoms with Crippen LogP contribution in [0.15, 0.2) is 42.9 Å². The average molecular weight is 287 g/mol. The summed E-state index contributed by atoms with van der Waals surface area (Å²) < 4.78 is 13.8. The summed E-state index contributed by atoms with van der Waals surface area (Å²) in [6.45, 7) is 0. The van der Waals surface area contributed by atoms with Crippen LogP contribution in [0.25, 0.3) is 6.08 Å². The van der Waals surface area contributed by atoms with E-state index >= 15 is 0 Å². The van der Waals surface area contributed by atoms with Gasteiger partial charge in [0.05, 0.1) is 11.9 Å². The minimum absolute atomic E-state index is 0.0295. The highest BCUT2D eigenvalue weighted by molar-refractivity contribution is 6.02. The molecule has 2 rings (SSSR count). The van der Waals surface area contributed by atoms with E-state index in [4.69, 9.17) is 5.11 Å². The maximum absolute atomic E-state index is 13.8. The Morgan fingerprint density at radius 2 is 2.10 bits per heavy atom. The summed E-state index contributed by atoms with van der Waals surface area (Å²) in [4.78, 5) is 29.7. The Hall–Kier alpha value is -3.09. The number of carboxylic acid groups (broad SMARTS) is 1. The first kappa shape index (κ1) is 14.3. The Balaban J connectivity index is 2.15. The fourth-order valence-corrected chi connectivity index (χ4v) is 1.51. The lowest BCUT2D eigenvalue weighted by molar-refractivity contribution is -0.131. The van der Waals surface area contributed by atoms with Crippen molar-refractivity contribution in [1.82, 2.24) is 9.97 Å². The van der Waals surface area contributed by atoms with Gasteiger partial charge in [0.2, 0.25) is 0 Å². The number of hydrogen-bond donors (Lipinski definition) is 2. The smallest absolute Gasteiger partial charge is 0.328 e. The summed E-state index contributed by atoms with van der Waals surface area (Å²) in [7, 11) is 0. The fraction of sp³-hybridized carbons (Fsp3) is 0. The molecule has 0 radical (unpaired) electrons. The van der Waals surface area contributed by atoms with E-state index in [1.54, 1.807) is 0 Å². The lowest BCUT2D eigenvalue weighted by Gasteiger charge is -2.06. The highest BCUT2D eigenvalue weighted by Gasteiger charge is 2.10. The molecule has 2 aromatic rings. The second-order valence-electron chi connectivity index (χ2n) is 3.96. The molecule has 21 heavy (non-hydrogen) atoms. The van der Waals surface area contributed by atoms with E-state index in [1.165, 1.54) is 36.8 Å². The largest absolute Gasteiger partial charge is 0.478 e. The van der Waals surface area contributed by atoms with Crippen molar-refractivity contribution in [3.05, 3.63) is 59.9 Å². The predicted molar refractivity (Wildman–Crippen MR) is 73.1 cm³/mol. The van der Waals surface area contributed by atoms with Gasteiger partial charge in [0.1, 0.15) is 11.5 Å². The molecule has 1 aromatic carbocycles. The summed E-state index contributed by atoms with van der Waals surface area (Å²) in [5, 5.41) is 10.9. The van der Waals surface area contributed by atoms with E-state index in [9.17, 15) is 14.0 Å². The topological polar surface area (TPSA) is 92.2 Å². The van der Waals surface area contributed by atoms with E-state index in [0.29, 0.717) is 5.56 Å². The van der Waals surface area contributed by atoms with Crippen molar-refractivity contribution in [1.29, 1.82) is 0 Å². The molecule has 0 bridgehead atoms. The van der Waals surface area contributed by atoms with Crippen LogP contribution < -0.4 is 5.32 Å². The molecular weight excluding hydrogens is 277 g/mol. The molecule has 0 fully saturated rings. The molecular formula is C14H10FN3O3. The van der Waals surface area contributed by atoms with Gasteiger partial charge in [0.25, 0.3) is 5.91 Å². The van der Waals surface area contributed by atoms with Crippen molar-refractivity contribution < 1.29 is 19.1 Å². The maximum Gasteiger partial charge on any atom is 0.328 e. The number of carbonyl (C=O) groups excluding carboxylic acids is 1. The van der Waals surface area contributed by atoms with Crippen LogP contribution in [-0.4, -0.2) is 27.0 Å². The normalized spacial score (nSPS) is 10.5. The number of hydrogen-bond acceptors (Lipinski definition) is 4. The van der Waals surface area contributed by atoms with Gasteiger partial charge in [-0.05, 0) is 23.8 Å². The van der Waals surface area contributed by atoms with Crippen molar-refractivity contribution in [2.24, 2.45) is 0 Å². The van der Waals surface area contributed by atoms with Crippen LogP contribution in [0.3, 0.4) is 0 Å². The molecule has 106 valence electrons. The number of halogens is 1. The molecule has 2 N–H and O–H groups in total. The van der Waals surface area contributed by atoms with E-state index in [-0.39, 0.29) is 11.4 Å². The summed E-state index contributed by atoms with van der Waals surface area (Å²) in [6.07, 6.45) is 6.18. The summed E-state index contributed by atoms with van der Waals surface area (Å²) in [5.41, 5.74) is 0.400. The quantitative estimate of drug-likeness (QED) is 0.839. The number of aliphatic carboxylic acids is 1. The first-order chi connectivity index (χ1) is 10.1. The van der Waals surface area contributed by atoms with E-state index in [2.05, 4.69) is 15.3 Å². The molecule has 0 aliphatic heterocycles. The van der Waals surface area contributed by atoms with Crippen molar-refractivity contribution in [2.75, 3.05) is 5.32 Å². The van der Waals surface area contributed by atoms with Crippen LogP contribution in [0, 0.1) is 5.82 Å². The zero-order valence-electron chi connectivity index (χ0n) is 10.7. The third-order valence-corrected chi connectivity index (χ3v) is 2.46. The Bertz CT molecular complexity index is 702. The number of aromatic nitrogens is 2. The van der Waals surface area contributed by atoms with Crippen LogP contribution in [-0.2, 0) is 4.79 Å². The Kier molecular flexibility index (Phi) is 4.35. The Labute approximate surface area is 119 Å². The second-order valence-corrected chi connectivity index (χ2v) is 3.96. The molecule has 6 nitrogen and oxygen atoms in total. The van der Waals surface area contributed by atoms with Crippen LogP contribution in [0.1, 0.15) is 16.1 Å². The molecule has 0 aliphatic carbocycles. The third kappa shape index (κ3) is 3.93. The van der Waals surface area contributed by atoms with Gasteiger partial charge >= 0.3 is 5.97 Å². The van der Waals surface area contributed by atoms with E-state index in [0.717, 1.165) is 12.1 Å². The number of benzene rings is 1. The van der Waals surface area contributed by atoms with Crippen LogP contribution in [0.5, 0.6) is 0 Å². The molecule has 0 saturated carbocycles. The molecule has 0 spiro atoms. The fourth-order valence-electron chi connectivity index (χ4n) is 1.51. The second kappa shape index (κ2) is 6.38. The number of rotatable bonds is 4. The zero-order valence-corrected chi connectivity index (χ0v) is 10.7. The maximum atomic E-state index is 13.8. The zero-order chi connectivity index (χ0) is 15.2. The molecule has 0 aliphatic rings. The third-order valence-electron chi connectivity index (χ3n) is 2.46. The van der Waals surface area contributed by atoms with Gasteiger partial charge in [-0.1, -0.05) is 6.07 Å². The molecule has 0 atom stereocenters. The molecule has 1 aromatic heterocycles. The molecule has 0 unspecified atom stereocenters. The van der Waals surface area contributed by atoms with Crippen LogP contribution >= 0.6 is 0 Å². The number of carbonyl (C=O) groups is 2. The SMILES string of the molecule is O=C(O)C=Cc1ccc(NC(=O)c2cnccn2)c(F)c1. The molecule has 1 heterocycles. The van der Waals surface area contributed by atoms with Crippen molar-refractivity contribution in [3.8, 4) is 0 Å². The predicted octanol–water partition coefficient (Wildman–Crippen LogP) is 1.97. The summed E-state index contributed by atoms with van der Waals surface area (Å²) in [6, 6.07) is 3.94. The van der Waals surface area contributed by atoms with Gasteiger partial charge in [-0.15, -0.1) is 0 Å². The number of carboxylic acids is 1. The van der Waals surface area contributed by atoms with Gasteiger partial charge in [0.15, 0.2) is 0 Å². The number of amides is 1. The van der Waals surface area contributed by atoms with E-state index < -0.39 is 17.7 Å². The Morgan fingerprint density at radius 1 is 1.29 bits per heavy atom.